The SMILES string of the molecule is CC1(C)C2=CC(N3C4=C(C=CCC4)C4=C(c5ccccc53)N(c3ccccc3)C3CCC=CC43)=CNC2c2ncccc21. The van der Waals surface area contributed by atoms with Crippen molar-refractivity contribution < 1.29 is 0 Å². The topological polar surface area (TPSA) is 31.4 Å². The van der Waals surface area contributed by atoms with Crippen molar-refractivity contribution >= 4 is 17.1 Å². The fourth-order valence-electron chi connectivity index (χ4n) is 8.55. The van der Waals surface area contributed by atoms with Crippen LogP contribution in [0, 0.1) is 5.92 Å². The summed E-state index contributed by atoms with van der Waals surface area (Å²) in [6, 6.07) is 25.0. The first-order valence-corrected chi connectivity index (χ1v) is 15.8. The number of aromatic nitrogens is 1. The van der Waals surface area contributed by atoms with Gasteiger partial charge in [0.05, 0.1) is 28.8 Å². The molecule has 0 fully saturated rings. The summed E-state index contributed by atoms with van der Waals surface area (Å²) in [5.74, 6) is 0.361. The van der Waals surface area contributed by atoms with Gasteiger partial charge in [-0.05, 0) is 78.3 Å². The Morgan fingerprint density at radius 3 is 2.70 bits per heavy atom. The molecule has 0 saturated heterocycles. The van der Waals surface area contributed by atoms with Gasteiger partial charge in [0.1, 0.15) is 0 Å². The second-order valence-corrected chi connectivity index (χ2v) is 13.1. The first kappa shape index (κ1) is 25.0. The summed E-state index contributed by atoms with van der Waals surface area (Å²) in [6.45, 7) is 4.69. The molecule has 0 radical (unpaired) electrons. The van der Waals surface area contributed by atoms with Gasteiger partial charge < -0.3 is 15.1 Å². The van der Waals surface area contributed by atoms with Crippen LogP contribution in [0.25, 0.3) is 5.70 Å². The van der Waals surface area contributed by atoms with Gasteiger partial charge in [-0.2, -0.15) is 0 Å². The third kappa shape index (κ3) is 3.47. The highest BCUT2D eigenvalue weighted by Gasteiger charge is 2.47. The summed E-state index contributed by atoms with van der Waals surface area (Å²) in [4.78, 5) is 10.1. The fraction of sp³-hybridized carbons (Fsp3) is 0.256. The Morgan fingerprint density at radius 1 is 0.930 bits per heavy atom. The predicted molar refractivity (Wildman–Crippen MR) is 175 cm³/mol. The van der Waals surface area contributed by atoms with Gasteiger partial charge in [0, 0.05) is 46.7 Å². The molecule has 0 spiro atoms. The smallest absolute Gasteiger partial charge is 0.0911 e. The van der Waals surface area contributed by atoms with Crippen LogP contribution in [0.4, 0.5) is 11.4 Å². The molecule has 3 aromatic rings. The number of dihydropyridines is 1. The zero-order valence-corrected chi connectivity index (χ0v) is 24.8. The molecule has 3 atom stereocenters. The van der Waals surface area contributed by atoms with Crippen molar-refractivity contribution in [1.29, 1.82) is 0 Å². The molecule has 9 rings (SSSR count). The van der Waals surface area contributed by atoms with Crippen LogP contribution in [0.3, 0.4) is 0 Å². The average Bonchev–Trinajstić information content (AvgIpc) is 3.46. The van der Waals surface area contributed by atoms with E-state index in [2.05, 4.69) is 132 Å². The van der Waals surface area contributed by atoms with Gasteiger partial charge in [0.2, 0.25) is 0 Å². The maximum Gasteiger partial charge on any atom is 0.0911 e. The van der Waals surface area contributed by atoms with E-state index in [1.165, 1.54) is 56.3 Å². The Hall–Kier alpha value is -4.57. The molecule has 1 N–H and O–H groups in total. The van der Waals surface area contributed by atoms with Crippen molar-refractivity contribution in [3.8, 4) is 0 Å². The fourth-order valence-corrected chi connectivity index (χ4v) is 8.55. The molecule has 0 amide bonds. The summed E-state index contributed by atoms with van der Waals surface area (Å²) in [6.07, 6.45) is 20.7. The van der Waals surface area contributed by atoms with E-state index in [1.54, 1.807) is 0 Å². The van der Waals surface area contributed by atoms with Gasteiger partial charge in [0.25, 0.3) is 0 Å². The number of anilines is 2. The minimum atomic E-state index is -0.0972. The van der Waals surface area contributed by atoms with E-state index in [0.29, 0.717) is 12.0 Å². The predicted octanol–water partition coefficient (Wildman–Crippen LogP) is 8.48. The molecule has 4 heteroatoms. The summed E-state index contributed by atoms with van der Waals surface area (Å²) >= 11 is 0. The van der Waals surface area contributed by atoms with E-state index in [9.17, 15) is 0 Å². The summed E-state index contributed by atoms with van der Waals surface area (Å²) in [5.41, 5.74) is 14.5. The van der Waals surface area contributed by atoms with Gasteiger partial charge in [-0.15, -0.1) is 0 Å². The number of benzene rings is 2. The van der Waals surface area contributed by atoms with Crippen molar-refractivity contribution in [2.24, 2.45) is 5.92 Å². The molecule has 3 aliphatic carbocycles. The summed E-state index contributed by atoms with van der Waals surface area (Å²) in [7, 11) is 0. The lowest BCUT2D eigenvalue weighted by Crippen LogP contribution is -2.36. The van der Waals surface area contributed by atoms with Gasteiger partial charge in [-0.1, -0.05) is 80.6 Å². The molecule has 3 aliphatic heterocycles. The zero-order valence-electron chi connectivity index (χ0n) is 24.8. The number of nitrogens with zero attached hydrogens (tertiary/aromatic N) is 3. The minimum absolute atomic E-state index is 0.0972. The molecule has 0 bridgehead atoms. The molecule has 2 aromatic carbocycles. The summed E-state index contributed by atoms with van der Waals surface area (Å²) in [5, 5.41) is 3.81. The molecule has 3 unspecified atom stereocenters. The van der Waals surface area contributed by atoms with Gasteiger partial charge in [0.15, 0.2) is 0 Å². The van der Waals surface area contributed by atoms with Crippen molar-refractivity contribution in [2.75, 3.05) is 9.80 Å². The maximum atomic E-state index is 4.82. The molecule has 4 nitrogen and oxygen atoms in total. The van der Waals surface area contributed by atoms with Crippen LogP contribution in [-0.4, -0.2) is 11.0 Å². The van der Waals surface area contributed by atoms with Crippen molar-refractivity contribution in [3.63, 3.8) is 0 Å². The molecule has 43 heavy (non-hydrogen) atoms. The number of para-hydroxylation sites is 2. The Labute approximate surface area is 254 Å². The molecule has 6 aliphatic rings. The molecule has 0 saturated carbocycles. The van der Waals surface area contributed by atoms with E-state index >= 15 is 0 Å². The quantitative estimate of drug-likeness (QED) is 0.319. The number of hydrogen-bond acceptors (Lipinski definition) is 4. The lowest BCUT2D eigenvalue weighted by atomic mass is 9.81. The van der Waals surface area contributed by atoms with Gasteiger partial charge >= 0.3 is 0 Å². The molecular formula is C39H36N4. The third-order valence-corrected chi connectivity index (χ3v) is 10.5. The molecule has 212 valence electrons. The van der Waals surface area contributed by atoms with Crippen molar-refractivity contribution in [1.82, 2.24) is 10.3 Å². The van der Waals surface area contributed by atoms with Crippen LogP contribution in [-0.2, 0) is 5.41 Å². The van der Waals surface area contributed by atoms with Crippen LogP contribution >= 0.6 is 0 Å². The van der Waals surface area contributed by atoms with Crippen LogP contribution in [0.5, 0.6) is 0 Å². The first-order valence-electron chi connectivity index (χ1n) is 15.8. The lowest BCUT2D eigenvalue weighted by Gasteiger charge is -2.38. The van der Waals surface area contributed by atoms with E-state index in [1.807, 2.05) is 6.20 Å². The van der Waals surface area contributed by atoms with E-state index in [-0.39, 0.29) is 11.5 Å². The zero-order chi connectivity index (χ0) is 28.7. The number of pyridine rings is 1. The van der Waals surface area contributed by atoms with Gasteiger partial charge in [-0.25, -0.2) is 0 Å². The second-order valence-electron chi connectivity index (χ2n) is 13.1. The monoisotopic (exact) mass is 560 g/mol. The second kappa shape index (κ2) is 9.21. The normalized spacial score (nSPS) is 26.0. The van der Waals surface area contributed by atoms with Crippen LogP contribution in [0.2, 0.25) is 0 Å². The average molecular weight is 561 g/mol. The summed E-state index contributed by atoms with van der Waals surface area (Å²) < 4.78 is 0. The highest BCUT2D eigenvalue weighted by atomic mass is 15.2. The highest BCUT2D eigenvalue weighted by molar-refractivity contribution is 5.96. The molecule has 1 aromatic heterocycles. The maximum absolute atomic E-state index is 4.82. The number of hydrogen-bond donors (Lipinski definition) is 1. The Morgan fingerprint density at radius 2 is 1.79 bits per heavy atom. The Bertz CT molecular complexity index is 1850. The van der Waals surface area contributed by atoms with Crippen LogP contribution in [0.15, 0.2) is 138 Å². The van der Waals surface area contributed by atoms with Crippen LogP contribution < -0.4 is 15.1 Å². The molecular weight excluding hydrogens is 524 g/mol. The minimum Gasteiger partial charge on any atom is -0.377 e. The standard InChI is InChI=1S/C39H36N4/c1-39(2)30-18-12-22-40-36(30)37-31(39)23-26(24-41-37)42-32-19-9-6-15-27(32)35-28-16-7-10-20-33(28)43(25-13-4-3-5-14-25)38(35)29-17-8-11-21-34(29)42/h3-8,11-18,21-24,28,33,37,41H,9-10,19-20H2,1-2H3. The van der Waals surface area contributed by atoms with E-state index < -0.39 is 0 Å². The van der Waals surface area contributed by atoms with Crippen molar-refractivity contribution in [2.45, 2.75) is 57.0 Å². The largest absolute Gasteiger partial charge is 0.377 e. The molecule has 4 heterocycles. The van der Waals surface area contributed by atoms with Gasteiger partial charge in [-0.3, -0.25) is 4.98 Å². The number of fused-ring (bicyclic) bond motifs is 8. The number of allylic oxidation sites excluding steroid dienone is 6. The lowest BCUT2D eigenvalue weighted by molar-refractivity contribution is 0.527. The first-order chi connectivity index (χ1) is 21.1. The third-order valence-electron chi connectivity index (χ3n) is 10.5. The Kier molecular flexibility index (Phi) is 5.35. The number of rotatable bonds is 2. The van der Waals surface area contributed by atoms with E-state index in [4.69, 9.17) is 4.98 Å². The van der Waals surface area contributed by atoms with Crippen molar-refractivity contribution in [3.05, 3.63) is 154 Å². The van der Waals surface area contributed by atoms with Crippen LogP contribution in [0.1, 0.15) is 62.4 Å². The van der Waals surface area contributed by atoms with E-state index in [0.717, 1.165) is 31.4 Å². The highest BCUT2D eigenvalue weighted by Crippen LogP contribution is 2.56. The number of nitrogens with one attached hydrogen (secondary N) is 1. The Balaban J connectivity index is 1.27.